The van der Waals surface area contributed by atoms with E-state index in [1.807, 2.05) is 4.90 Å². The van der Waals surface area contributed by atoms with Gasteiger partial charge in [0.1, 0.15) is 5.75 Å². The van der Waals surface area contributed by atoms with Crippen LogP contribution in [0.25, 0.3) is 0 Å². The molecule has 3 amide bonds. The molecule has 1 atom stereocenters. The summed E-state index contributed by atoms with van der Waals surface area (Å²) in [5.41, 5.74) is 1.17. The summed E-state index contributed by atoms with van der Waals surface area (Å²) in [5.74, 6) is 0.805. The zero-order valence-corrected chi connectivity index (χ0v) is 14.2. The number of likely N-dealkylation sites (tertiary alicyclic amines) is 1. The Morgan fingerprint density at radius 2 is 2.04 bits per heavy atom. The van der Waals surface area contributed by atoms with Crippen molar-refractivity contribution in [2.24, 2.45) is 5.92 Å². The van der Waals surface area contributed by atoms with E-state index in [9.17, 15) is 9.59 Å². The Kier molecular flexibility index (Phi) is 5.47. The first-order valence-electron chi connectivity index (χ1n) is 7.95. The summed E-state index contributed by atoms with van der Waals surface area (Å²) in [4.78, 5) is 25.7. The highest BCUT2D eigenvalue weighted by Gasteiger charge is 2.30. The molecule has 0 spiro atoms. The minimum atomic E-state index is -0.189. The Bertz CT molecular complexity index is 586. The maximum atomic E-state index is 12.5. The van der Waals surface area contributed by atoms with Gasteiger partial charge >= 0.3 is 6.03 Å². The number of nitrogens with one attached hydrogen (secondary N) is 2. The predicted molar refractivity (Wildman–Crippen MR) is 90.9 cm³/mol. The average Bonchev–Trinajstić information content (AvgIpc) is 2.96. The maximum Gasteiger partial charge on any atom is 0.322 e. The molecule has 0 unspecified atom stereocenters. The van der Waals surface area contributed by atoms with Gasteiger partial charge in [-0.15, -0.1) is 0 Å². The van der Waals surface area contributed by atoms with Gasteiger partial charge in [0.2, 0.25) is 5.91 Å². The zero-order valence-electron chi connectivity index (χ0n) is 14.2. The summed E-state index contributed by atoms with van der Waals surface area (Å²) in [5, 5.41) is 5.62. The van der Waals surface area contributed by atoms with Gasteiger partial charge < -0.3 is 20.3 Å². The molecule has 0 aliphatic carbocycles. The lowest BCUT2D eigenvalue weighted by atomic mass is 10.0. The van der Waals surface area contributed by atoms with Crippen LogP contribution in [0.5, 0.6) is 5.75 Å². The van der Waals surface area contributed by atoms with E-state index in [2.05, 4.69) is 24.5 Å². The van der Waals surface area contributed by atoms with Crippen molar-refractivity contribution in [3.63, 3.8) is 0 Å². The monoisotopic (exact) mass is 319 g/mol. The molecule has 126 valence electrons. The Balaban J connectivity index is 2.13. The molecule has 6 heteroatoms. The van der Waals surface area contributed by atoms with Crippen LogP contribution in [0.2, 0.25) is 0 Å². The lowest BCUT2D eigenvalue weighted by molar-refractivity contribution is -0.114. The molecule has 0 radical (unpaired) electrons. The number of ether oxygens (including phenoxy) is 1. The normalized spacial score (nSPS) is 17.3. The summed E-state index contributed by atoms with van der Waals surface area (Å²) >= 11 is 0. The third-order valence-corrected chi connectivity index (χ3v) is 4.09. The van der Waals surface area contributed by atoms with Crippen molar-refractivity contribution in [2.75, 3.05) is 24.3 Å². The molecule has 0 bridgehead atoms. The molecule has 2 rings (SSSR count). The predicted octanol–water partition coefficient (Wildman–Crippen LogP) is 3.31. The molecule has 1 aromatic carbocycles. The first-order valence-corrected chi connectivity index (χ1v) is 7.95. The van der Waals surface area contributed by atoms with Crippen molar-refractivity contribution < 1.29 is 14.3 Å². The summed E-state index contributed by atoms with van der Waals surface area (Å²) in [6, 6.07) is 5.38. The molecular weight excluding hydrogens is 294 g/mol. The van der Waals surface area contributed by atoms with Crippen LogP contribution in [0, 0.1) is 5.92 Å². The van der Waals surface area contributed by atoms with Gasteiger partial charge in [-0.25, -0.2) is 4.79 Å². The standard InChI is InChI=1S/C17H25N3O3/c1-11(2)15-6-5-9-20(15)17(22)19-13-7-8-16(23-4)14(10-13)18-12(3)21/h7-8,10-11,15H,5-6,9H2,1-4H3,(H,18,21)(H,19,22)/t15-/m1/s1. The second kappa shape index (κ2) is 7.35. The van der Waals surface area contributed by atoms with Gasteiger partial charge in [-0.05, 0) is 37.0 Å². The van der Waals surface area contributed by atoms with E-state index in [-0.39, 0.29) is 18.0 Å². The molecule has 6 nitrogen and oxygen atoms in total. The Hall–Kier alpha value is -2.24. The van der Waals surface area contributed by atoms with Gasteiger partial charge in [-0.3, -0.25) is 4.79 Å². The van der Waals surface area contributed by atoms with Gasteiger partial charge in [-0.1, -0.05) is 13.8 Å². The lowest BCUT2D eigenvalue weighted by Gasteiger charge is -2.28. The van der Waals surface area contributed by atoms with Crippen LogP contribution in [-0.4, -0.2) is 36.5 Å². The number of benzene rings is 1. The molecule has 0 saturated carbocycles. The van der Waals surface area contributed by atoms with Crippen molar-refractivity contribution in [1.82, 2.24) is 4.90 Å². The number of nitrogens with zero attached hydrogens (tertiary/aromatic N) is 1. The molecule has 2 N–H and O–H groups in total. The maximum absolute atomic E-state index is 12.5. The van der Waals surface area contributed by atoms with Gasteiger partial charge in [0.15, 0.2) is 0 Å². The second-order valence-corrected chi connectivity index (χ2v) is 6.17. The van der Waals surface area contributed by atoms with E-state index in [0.717, 1.165) is 19.4 Å². The largest absolute Gasteiger partial charge is 0.495 e. The molecule has 1 fully saturated rings. The second-order valence-electron chi connectivity index (χ2n) is 6.17. The Morgan fingerprint density at radius 1 is 1.30 bits per heavy atom. The molecule has 1 aromatic rings. The van der Waals surface area contributed by atoms with Crippen LogP contribution >= 0.6 is 0 Å². The Morgan fingerprint density at radius 3 is 2.65 bits per heavy atom. The van der Waals surface area contributed by atoms with E-state index in [4.69, 9.17) is 4.74 Å². The number of rotatable bonds is 4. The fourth-order valence-electron chi connectivity index (χ4n) is 3.01. The van der Waals surface area contributed by atoms with E-state index in [1.165, 1.54) is 14.0 Å². The van der Waals surface area contributed by atoms with E-state index in [0.29, 0.717) is 23.0 Å². The van der Waals surface area contributed by atoms with Crippen LogP contribution in [0.4, 0.5) is 16.2 Å². The SMILES string of the molecule is COc1ccc(NC(=O)N2CCC[C@@H]2C(C)C)cc1NC(C)=O. The molecular formula is C17H25N3O3. The Labute approximate surface area is 137 Å². The smallest absolute Gasteiger partial charge is 0.322 e. The highest BCUT2D eigenvalue weighted by Crippen LogP contribution is 2.29. The molecule has 1 saturated heterocycles. The number of methoxy groups -OCH3 is 1. The fraction of sp³-hybridized carbons (Fsp3) is 0.529. The van der Waals surface area contributed by atoms with Crippen molar-refractivity contribution >= 4 is 23.3 Å². The van der Waals surface area contributed by atoms with E-state index in [1.54, 1.807) is 18.2 Å². The van der Waals surface area contributed by atoms with Crippen molar-refractivity contribution in [3.05, 3.63) is 18.2 Å². The quantitative estimate of drug-likeness (QED) is 0.894. The van der Waals surface area contributed by atoms with Gasteiger partial charge in [0.05, 0.1) is 12.8 Å². The summed E-state index contributed by atoms with van der Waals surface area (Å²) < 4.78 is 5.22. The zero-order chi connectivity index (χ0) is 17.0. The highest BCUT2D eigenvalue weighted by atomic mass is 16.5. The van der Waals surface area contributed by atoms with Crippen molar-refractivity contribution in [3.8, 4) is 5.75 Å². The number of anilines is 2. The first-order chi connectivity index (χ1) is 10.9. The van der Waals surface area contributed by atoms with Gasteiger partial charge in [0.25, 0.3) is 0 Å². The summed E-state index contributed by atoms with van der Waals surface area (Å²) in [6.45, 7) is 6.49. The van der Waals surface area contributed by atoms with Crippen LogP contribution < -0.4 is 15.4 Å². The molecule has 1 aliphatic heterocycles. The van der Waals surface area contributed by atoms with Gasteiger partial charge in [-0.2, -0.15) is 0 Å². The van der Waals surface area contributed by atoms with E-state index >= 15 is 0 Å². The third kappa shape index (κ3) is 4.15. The minimum Gasteiger partial charge on any atom is -0.495 e. The number of carbonyl (C=O) groups is 2. The van der Waals surface area contributed by atoms with Gasteiger partial charge in [0, 0.05) is 25.2 Å². The van der Waals surface area contributed by atoms with Crippen LogP contribution in [0.15, 0.2) is 18.2 Å². The minimum absolute atomic E-state index is 0.0971. The number of amides is 3. The lowest BCUT2D eigenvalue weighted by Crippen LogP contribution is -2.41. The molecule has 1 aliphatic rings. The fourth-order valence-corrected chi connectivity index (χ4v) is 3.01. The number of carbonyl (C=O) groups excluding carboxylic acids is 2. The first kappa shape index (κ1) is 17.1. The van der Waals surface area contributed by atoms with Crippen LogP contribution in [0.3, 0.4) is 0 Å². The molecule has 1 heterocycles. The average molecular weight is 319 g/mol. The topological polar surface area (TPSA) is 70.7 Å². The third-order valence-electron chi connectivity index (χ3n) is 4.09. The number of hydrogen-bond donors (Lipinski definition) is 2. The highest BCUT2D eigenvalue weighted by molar-refractivity contribution is 5.94. The summed E-state index contributed by atoms with van der Waals surface area (Å²) in [7, 11) is 1.54. The summed E-state index contributed by atoms with van der Waals surface area (Å²) in [6.07, 6.45) is 2.08. The van der Waals surface area contributed by atoms with E-state index < -0.39 is 0 Å². The number of hydrogen-bond acceptors (Lipinski definition) is 3. The van der Waals surface area contributed by atoms with Crippen LogP contribution in [0.1, 0.15) is 33.6 Å². The number of urea groups is 1. The van der Waals surface area contributed by atoms with Crippen molar-refractivity contribution in [1.29, 1.82) is 0 Å². The van der Waals surface area contributed by atoms with Crippen LogP contribution in [-0.2, 0) is 4.79 Å². The molecule has 0 aromatic heterocycles. The van der Waals surface area contributed by atoms with Crippen molar-refractivity contribution in [2.45, 2.75) is 39.7 Å². The molecule has 23 heavy (non-hydrogen) atoms.